The van der Waals surface area contributed by atoms with Crippen molar-refractivity contribution in [1.29, 1.82) is 0 Å². The molecule has 0 saturated heterocycles. The van der Waals surface area contributed by atoms with Gasteiger partial charge in [0, 0.05) is 43.2 Å². The van der Waals surface area contributed by atoms with Crippen LogP contribution in [0.4, 0.5) is 0 Å². The molecule has 1 amide bonds. The number of carbonyl (C=O) groups is 1. The molecule has 0 atom stereocenters. The maximum absolute atomic E-state index is 12.3. The number of hydrogen-bond donors (Lipinski definition) is 2. The Labute approximate surface area is 187 Å². The molecule has 2 N–H and O–H groups in total. The molecule has 0 aliphatic carbocycles. The molecule has 3 aromatic carbocycles. The molecule has 146 valence electrons. The maximum Gasteiger partial charge on any atom is 0.251 e. The zero-order valence-corrected chi connectivity index (χ0v) is 18.6. The molecule has 0 saturated carbocycles. The van der Waals surface area contributed by atoms with E-state index in [1.165, 1.54) is 10.3 Å². The molecule has 0 fully saturated rings. The molecule has 29 heavy (non-hydrogen) atoms. The van der Waals surface area contributed by atoms with Gasteiger partial charge in [-0.2, -0.15) is 0 Å². The van der Waals surface area contributed by atoms with Gasteiger partial charge >= 0.3 is 0 Å². The van der Waals surface area contributed by atoms with Gasteiger partial charge in [0.1, 0.15) is 0 Å². The van der Waals surface area contributed by atoms with E-state index in [1.54, 1.807) is 11.8 Å². The van der Waals surface area contributed by atoms with Gasteiger partial charge in [-0.1, -0.05) is 63.9 Å². The van der Waals surface area contributed by atoms with Crippen LogP contribution in [0, 0.1) is 0 Å². The van der Waals surface area contributed by atoms with Crippen LogP contribution in [-0.4, -0.2) is 23.2 Å². The Morgan fingerprint density at radius 2 is 1.83 bits per heavy atom. The molecule has 0 bridgehead atoms. The predicted molar refractivity (Wildman–Crippen MR) is 126 cm³/mol. The molecule has 0 aliphatic rings. The number of para-hydroxylation sites is 1. The molecule has 4 rings (SSSR count). The summed E-state index contributed by atoms with van der Waals surface area (Å²) in [5.74, 6) is 0.700. The molecular formula is C23H18BrClN2OS. The first-order valence-electron chi connectivity index (χ1n) is 9.15. The number of aromatic amines is 1. The van der Waals surface area contributed by atoms with Crippen LogP contribution in [0.5, 0.6) is 0 Å². The van der Waals surface area contributed by atoms with Gasteiger partial charge in [-0.05, 0) is 42.0 Å². The Hall–Kier alpha value is -2.21. The summed E-state index contributed by atoms with van der Waals surface area (Å²) in [5.41, 5.74) is 3.91. The molecule has 0 spiro atoms. The SMILES string of the molecule is O=C(NCCSc1c(-c2ccc(Cl)cc2)[nH]c2ccccc12)c1cccc(Br)c1. The monoisotopic (exact) mass is 484 g/mol. The summed E-state index contributed by atoms with van der Waals surface area (Å²) in [7, 11) is 0. The van der Waals surface area contributed by atoms with E-state index in [0.717, 1.165) is 27.0 Å². The number of hydrogen-bond acceptors (Lipinski definition) is 2. The summed E-state index contributed by atoms with van der Waals surface area (Å²) in [4.78, 5) is 17.0. The number of amides is 1. The number of rotatable bonds is 6. The molecule has 0 radical (unpaired) electrons. The average Bonchev–Trinajstić information content (AvgIpc) is 3.10. The average molecular weight is 486 g/mol. The minimum Gasteiger partial charge on any atom is -0.354 e. The van der Waals surface area contributed by atoms with Crippen molar-refractivity contribution in [3.05, 3.63) is 87.9 Å². The lowest BCUT2D eigenvalue weighted by molar-refractivity contribution is 0.0956. The highest BCUT2D eigenvalue weighted by Gasteiger charge is 2.14. The lowest BCUT2D eigenvalue weighted by atomic mass is 10.1. The molecule has 1 heterocycles. The van der Waals surface area contributed by atoms with E-state index in [9.17, 15) is 4.79 Å². The van der Waals surface area contributed by atoms with Gasteiger partial charge in [-0.15, -0.1) is 11.8 Å². The lowest BCUT2D eigenvalue weighted by Crippen LogP contribution is -2.25. The van der Waals surface area contributed by atoms with Gasteiger partial charge in [0.25, 0.3) is 5.91 Å². The van der Waals surface area contributed by atoms with Gasteiger partial charge in [0.2, 0.25) is 0 Å². The molecule has 0 unspecified atom stereocenters. The Balaban J connectivity index is 1.49. The zero-order valence-electron chi connectivity index (χ0n) is 15.4. The van der Waals surface area contributed by atoms with Crippen molar-refractivity contribution in [3.8, 4) is 11.3 Å². The van der Waals surface area contributed by atoms with E-state index in [0.29, 0.717) is 17.1 Å². The van der Waals surface area contributed by atoms with Gasteiger partial charge in [0.15, 0.2) is 0 Å². The van der Waals surface area contributed by atoms with Gasteiger partial charge in [-0.3, -0.25) is 4.79 Å². The molecule has 6 heteroatoms. The number of aromatic nitrogens is 1. The van der Waals surface area contributed by atoms with Crippen molar-refractivity contribution in [2.45, 2.75) is 4.90 Å². The fourth-order valence-corrected chi connectivity index (χ4v) is 4.72. The molecular weight excluding hydrogens is 468 g/mol. The molecule has 0 aliphatic heterocycles. The van der Waals surface area contributed by atoms with E-state index in [2.05, 4.69) is 38.4 Å². The van der Waals surface area contributed by atoms with Gasteiger partial charge in [-0.25, -0.2) is 0 Å². The van der Waals surface area contributed by atoms with Crippen molar-refractivity contribution in [2.75, 3.05) is 12.3 Å². The van der Waals surface area contributed by atoms with E-state index in [-0.39, 0.29) is 5.91 Å². The number of halogens is 2. The van der Waals surface area contributed by atoms with Crippen molar-refractivity contribution in [1.82, 2.24) is 10.3 Å². The third-order valence-corrected chi connectivity index (χ3v) is 6.38. The number of thioether (sulfide) groups is 1. The Morgan fingerprint density at radius 3 is 2.62 bits per heavy atom. The van der Waals surface area contributed by atoms with Crippen LogP contribution in [0.25, 0.3) is 22.2 Å². The summed E-state index contributed by atoms with van der Waals surface area (Å²) < 4.78 is 0.894. The van der Waals surface area contributed by atoms with Crippen molar-refractivity contribution in [3.63, 3.8) is 0 Å². The normalized spacial score (nSPS) is 11.0. The quantitative estimate of drug-likeness (QED) is 0.234. The first-order valence-corrected chi connectivity index (χ1v) is 11.3. The standard InChI is InChI=1S/C23H18BrClN2OS/c24-17-5-3-4-16(14-17)23(28)26-12-13-29-22-19-6-1-2-7-20(19)27-21(22)15-8-10-18(25)11-9-15/h1-11,14,27H,12-13H2,(H,26,28). The minimum absolute atomic E-state index is 0.0660. The van der Waals surface area contributed by atoms with Crippen molar-refractivity contribution >= 4 is 56.1 Å². The number of nitrogens with one attached hydrogen (secondary N) is 2. The second-order valence-corrected chi connectivity index (χ2v) is 8.95. The highest BCUT2D eigenvalue weighted by molar-refractivity contribution is 9.10. The predicted octanol–water partition coefficient (Wildman–Crippen LogP) is 6.77. The van der Waals surface area contributed by atoms with Crippen molar-refractivity contribution in [2.24, 2.45) is 0 Å². The lowest BCUT2D eigenvalue weighted by Gasteiger charge is -2.08. The van der Waals surface area contributed by atoms with Gasteiger partial charge < -0.3 is 10.3 Å². The van der Waals surface area contributed by atoms with Crippen LogP contribution in [0.15, 0.2) is 82.2 Å². The van der Waals surface area contributed by atoms with Crippen LogP contribution in [0.1, 0.15) is 10.4 Å². The van der Waals surface area contributed by atoms with Crippen molar-refractivity contribution < 1.29 is 4.79 Å². The number of H-pyrrole nitrogens is 1. The van der Waals surface area contributed by atoms with Crippen LogP contribution in [0.3, 0.4) is 0 Å². The number of fused-ring (bicyclic) bond motifs is 1. The Morgan fingerprint density at radius 1 is 1.03 bits per heavy atom. The Kier molecular flexibility index (Phi) is 6.28. The highest BCUT2D eigenvalue weighted by atomic mass is 79.9. The summed E-state index contributed by atoms with van der Waals surface area (Å²) in [5, 5.41) is 4.89. The van der Waals surface area contributed by atoms with Crippen LogP contribution in [-0.2, 0) is 0 Å². The fourth-order valence-electron chi connectivity index (χ4n) is 3.14. The summed E-state index contributed by atoms with van der Waals surface area (Å²) in [6.07, 6.45) is 0. The van der Waals surface area contributed by atoms with Crippen LogP contribution in [0.2, 0.25) is 5.02 Å². The van der Waals surface area contributed by atoms with E-state index in [4.69, 9.17) is 11.6 Å². The summed E-state index contributed by atoms with van der Waals surface area (Å²) in [6.45, 7) is 0.579. The largest absolute Gasteiger partial charge is 0.354 e. The van der Waals surface area contributed by atoms with E-state index < -0.39 is 0 Å². The molecule has 1 aromatic heterocycles. The fraction of sp³-hybridized carbons (Fsp3) is 0.0870. The zero-order chi connectivity index (χ0) is 20.2. The minimum atomic E-state index is -0.0660. The second kappa shape index (κ2) is 9.08. The topological polar surface area (TPSA) is 44.9 Å². The van der Waals surface area contributed by atoms with E-state index in [1.807, 2.05) is 60.7 Å². The first-order chi connectivity index (χ1) is 14.1. The van der Waals surface area contributed by atoms with Gasteiger partial charge in [0.05, 0.1) is 5.69 Å². The molecule has 4 aromatic rings. The third-order valence-electron chi connectivity index (χ3n) is 4.51. The van der Waals surface area contributed by atoms with Crippen LogP contribution >= 0.6 is 39.3 Å². The third kappa shape index (κ3) is 4.69. The highest BCUT2D eigenvalue weighted by Crippen LogP contribution is 2.37. The van der Waals surface area contributed by atoms with Crippen LogP contribution < -0.4 is 5.32 Å². The number of carbonyl (C=O) groups excluding carboxylic acids is 1. The first kappa shape index (κ1) is 20.1. The molecule has 3 nitrogen and oxygen atoms in total. The maximum atomic E-state index is 12.3. The summed E-state index contributed by atoms with van der Waals surface area (Å²) in [6, 6.07) is 23.5. The second-order valence-electron chi connectivity index (χ2n) is 6.50. The van der Waals surface area contributed by atoms with E-state index >= 15 is 0 Å². The summed E-state index contributed by atoms with van der Waals surface area (Å²) >= 11 is 11.2. The Bertz CT molecular complexity index is 1160. The smallest absolute Gasteiger partial charge is 0.251 e. The number of benzene rings is 3.